The van der Waals surface area contributed by atoms with E-state index < -0.39 is 0 Å². The molecule has 4 atom stereocenters. The maximum Gasteiger partial charge on any atom is 0.246 e. The van der Waals surface area contributed by atoms with Crippen molar-refractivity contribution in [1.29, 1.82) is 0 Å². The second kappa shape index (κ2) is 7.11. The number of rotatable bonds is 7. The Morgan fingerprint density at radius 2 is 2.32 bits per heavy atom. The van der Waals surface area contributed by atoms with Crippen LogP contribution in [0, 0.1) is 11.8 Å². The van der Waals surface area contributed by atoms with Gasteiger partial charge in [0, 0.05) is 31.6 Å². The number of amides is 1. The van der Waals surface area contributed by atoms with Gasteiger partial charge in [0.2, 0.25) is 5.91 Å². The fourth-order valence-electron chi connectivity index (χ4n) is 3.98. The van der Waals surface area contributed by atoms with Gasteiger partial charge in [-0.3, -0.25) is 4.79 Å². The van der Waals surface area contributed by atoms with E-state index in [1.54, 1.807) is 7.11 Å². The first-order valence-corrected chi connectivity index (χ1v) is 8.67. The first-order valence-electron chi connectivity index (χ1n) is 8.67. The Morgan fingerprint density at radius 3 is 3.16 bits per heavy atom. The number of imidazole rings is 1. The lowest BCUT2D eigenvalue weighted by molar-refractivity contribution is -0.134. The van der Waals surface area contributed by atoms with Crippen LogP contribution in [0.3, 0.4) is 0 Å². The van der Waals surface area contributed by atoms with Gasteiger partial charge in [-0.25, -0.2) is 4.98 Å². The Labute approximate surface area is 146 Å². The van der Waals surface area contributed by atoms with Gasteiger partial charge in [0.1, 0.15) is 19.0 Å². The Bertz CT molecular complexity index is 714. The number of ether oxygens (including phenoxy) is 3. The quantitative estimate of drug-likeness (QED) is 0.789. The Balaban J connectivity index is 1.26. The van der Waals surface area contributed by atoms with Crippen molar-refractivity contribution >= 4 is 16.9 Å². The summed E-state index contributed by atoms with van der Waals surface area (Å²) < 4.78 is 16.5. The van der Waals surface area contributed by atoms with E-state index in [0.29, 0.717) is 12.5 Å². The second-order valence-corrected chi connectivity index (χ2v) is 6.69. The minimum atomic E-state index is -0.104. The molecule has 0 radical (unpaired) electrons. The fourth-order valence-corrected chi connectivity index (χ4v) is 3.98. The zero-order chi connectivity index (χ0) is 17.2. The van der Waals surface area contributed by atoms with Crippen molar-refractivity contribution in [2.45, 2.75) is 25.2 Å². The molecule has 2 aromatic rings. The largest absolute Gasteiger partial charge is 0.384 e. The van der Waals surface area contributed by atoms with E-state index in [2.05, 4.69) is 15.3 Å². The first-order chi connectivity index (χ1) is 12.3. The third kappa shape index (κ3) is 3.27. The summed E-state index contributed by atoms with van der Waals surface area (Å²) in [5.74, 6) is 1.25. The van der Waals surface area contributed by atoms with Crippen molar-refractivity contribution in [2.75, 3.05) is 26.9 Å². The number of benzene rings is 1. The molecule has 0 unspecified atom stereocenters. The number of hydrogen-bond donors (Lipinski definition) is 2. The summed E-state index contributed by atoms with van der Waals surface area (Å²) in [5, 5.41) is 3.08. The van der Waals surface area contributed by atoms with Gasteiger partial charge in [-0.1, -0.05) is 12.1 Å². The van der Waals surface area contributed by atoms with E-state index in [-0.39, 0.29) is 37.2 Å². The number of aromatic nitrogens is 2. The predicted octanol–water partition coefficient (Wildman–Crippen LogP) is 1.25. The van der Waals surface area contributed by atoms with Gasteiger partial charge < -0.3 is 24.5 Å². The summed E-state index contributed by atoms with van der Waals surface area (Å²) in [6.07, 6.45) is 1.22. The van der Waals surface area contributed by atoms with Crippen molar-refractivity contribution < 1.29 is 19.0 Å². The molecule has 2 aliphatic rings. The SMILES string of the molecule is COC[C@@H]1[C@@H](NC(=O)COCc2nc3ccccc3[nH]2)[C@@H]2CCO[C@H]12. The summed E-state index contributed by atoms with van der Waals surface area (Å²) in [6.45, 7) is 1.67. The molecule has 2 heterocycles. The number of aromatic amines is 1. The van der Waals surface area contributed by atoms with Crippen molar-refractivity contribution in [2.24, 2.45) is 11.8 Å². The Kier molecular flexibility index (Phi) is 4.70. The molecule has 1 aliphatic heterocycles. The third-order valence-corrected chi connectivity index (χ3v) is 5.13. The van der Waals surface area contributed by atoms with Gasteiger partial charge in [-0.15, -0.1) is 0 Å². The number of para-hydroxylation sites is 2. The van der Waals surface area contributed by atoms with Crippen LogP contribution < -0.4 is 5.32 Å². The van der Waals surface area contributed by atoms with Gasteiger partial charge in [-0.05, 0) is 18.6 Å². The van der Waals surface area contributed by atoms with Crippen LogP contribution in [0.4, 0.5) is 0 Å². The van der Waals surface area contributed by atoms with Gasteiger partial charge >= 0.3 is 0 Å². The predicted molar refractivity (Wildman–Crippen MR) is 90.9 cm³/mol. The van der Waals surface area contributed by atoms with E-state index in [0.717, 1.165) is 29.9 Å². The van der Waals surface area contributed by atoms with Crippen LogP contribution in [0.25, 0.3) is 11.0 Å². The Hall–Kier alpha value is -1.96. The Morgan fingerprint density at radius 1 is 1.44 bits per heavy atom. The van der Waals surface area contributed by atoms with E-state index >= 15 is 0 Å². The molecule has 1 aliphatic carbocycles. The smallest absolute Gasteiger partial charge is 0.246 e. The minimum Gasteiger partial charge on any atom is -0.384 e. The standard InChI is InChI=1S/C18H23N3O4/c1-23-8-12-17(11-6-7-25-18(11)12)21-16(22)10-24-9-15-19-13-4-2-3-5-14(13)20-15/h2-5,11-12,17-18H,6-10H2,1H3,(H,19,20)(H,21,22)/t11-,12+,17-,18-/m0/s1. The number of nitrogens with zero attached hydrogens (tertiary/aromatic N) is 1. The highest BCUT2D eigenvalue weighted by Gasteiger charge is 2.54. The van der Waals surface area contributed by atoms with Gasteiger partial charge in [0.25, 0.3) is 0 Å². The van der Waals surface area contributed by atoms with Crippen LogP contribution >= 0.6 is 0 Å². The van der Waals surface area contributed by atoms with Crippen LogP contribution in [0.1, 0.15) is 12.2 Å². The molecule has 1 aromatic carbocycles. The molecule has 1 amide bonds. The highest BCUT2D eigenvalue weighted by atomic mass is 16.5. The van der Waals surface area contributed by atoms with Crippen molar-refractivity contribution in [1.82, 2.24) is 15.3 Å². The number of hydrogen-bond acceptors (Lipinski definition) is 5. The lowest BCUT2D eigenvalue weighted by Crippen LogP contribution is -2.63. The summed E-state index contributed by atoms with van der Waals surface area (Å²) in [7, 11) is 1.68. The molecule has 1 saturated heterocycles. The summed E-state index contributed by atoms with van der Waals surface area (Å²) >= 11 is 0. The topological polar surface area (TPSA) is 85.5 Å². The fraction of sp³-hybridized carbons (Fsp3) is 0.556. The van der Waals surface area contributed by atoms with Crippen molar-refractivity contribution in [3.8, 4) is 0 Å². The molecule has 2 N–H and O–H groups in total. The molecule has 134 valence electrons. The third-order valence-electron chi connectivity index (χ3n) is 5.13. The number of fused-ring (bicyclic) bond motifs is 2. The summed E-state index contributed by atoms with van der Waals surface area (Å²) in [6, 6.07) is 7.92. The van der Waals surface area contributed by atoms with E-state index in [1.807, 2.05) is 24.3 Å². The summed E-state index contributed by atoms with van der Waals surface area (Å²) in [4.78, 5) is 19.8. The molecular weight excluding hydrogens is 322 g/mol. The molecule has 0 spiro atoms. The summed E-state index contributed by atoms with van der Waals surface area (Å²) in [5.41, 5.74) is 1.87. The zero-order valence-electron chi connectivity index (χ0n) is 14.2. The van der Waals surface area contributed by atoms with Crippen LogP contribution in [0.2, 0.25) is 0 Å². The van der Waals surface area contributed by atoms with Crippen LogP contribution in [0.5, 0.6) is 0 Å². The molecule has 1 aromatic heterocycles. The first kappa shape index (κ1) is 16.5. The van der Waals surface area contributed by atoms with Crippen molar-refractivity contribution in [3.63, 3.8) is 0 Å². The highest BCUT2D eigenvalue weighted by Crippen LogP contribution is 2.43. The lowest BCUT2D eigenvalue weighted by atomic mass is 9.67. The molecule has 7 nitrogen and oxygen atoms in total. The molecule has 4 rings (SSSR count). The minimum absolute atomic E-state index is 0.0193. The number of carbonyl (C=O) groups excluding carboxylic acids is 1. The molecule has 0 bridgehead atoms. The molecule has 1 saturated carbocycles. The second-order valence-electron chi connectivity index (χ2n) is 6.69. The molecule has 25 heavy (non-hydrogen) atoms. The highest BCUT2D eigenvalue weighted by molar-refractivity contribution is 5.78. The van der Waals surface area contributed by atoms with Gasteiger partial charge in [0.05, 0.1) is 23.7 Å². The van der Waals surface area contributed by atoms with Crippen LogP contribution in [-0.2, 0) is 25.6 Å². The van der Waals surface area contributed by atoms with Crippen LogP contribution in [-0.4, -0.2) is 55.0 Å². The number of nitrogens with one attached hydrogen (secondary N) is 2. The number of H-pyrrole nitrogens is 1. The molecule has 7 heteroatoms. The maximum absolute atomic E-state index is 12.2. The van der Waals surface area contributed by atoms with E-state index in [9.17, 15) is 4.79 Å². The van der Waals surface area contributed by atoms with Gasteiger partial charge in [-0.2, -0.15) is 0 Å². The monoisotopic (exact) mass is 345 g/mol. The van der Waals surface area contributed by atoms with Crippen molar-refractivity contribution in [3.05, 3.63) is 30.1 Å². The molecular formula is C18H23N3O4. The maximum atomic E-state index is 12.2. The zero-order valence-corrected chi connectivity index (χ0v) is 14.2. The average Bonchev–Trinajstić information content (AvgIpc) is 3.21. The molecule has 2 fully saturated rings. The number of methoxy groups -OCH3 is 1. The van der Waals surface area contributed by atoms with E-state index in [4.69, 9.17) is 14.2 Å². The lowest BCUT2D eigenvalue weighted by Gasteiger charge is -2.47. The van der Waals surface area contributed by atoms with Gasteiger partial charge in [0.15, 0.2) is 0 Å². The normalized spacial score (nSPS) is 27.9. The van der Waals surface area contributed by atoms with Crippen LogP contribution in [0.15, 0.2) is 24.3 Å². The average molecular weight is 345 g/mol. The number of carbonyl (C=O) groups is 1. The van der Waals surface area contributed by atoms with E-state index in [1.165, 1.54) is 0 Å².